The van der Waals surface area contributed by atoms with Crippen LogP contribution in [-0.2, 0) is 0 Å². The third-order valence-corrected chi connectivity index (χ3v) is 5.58. The lowest BCUT2D eigenvalue weighted by molar-refractivity contribution is 0.0676. The second-order valence-electron chi connectivity index (χ2n) is 7.07. The van der Waals surface area contributed by atoms with E-state index in [0.717, 1.165) is 37.2 Å². The molecular weight excluding hydrogens is 407 g/mol. The molecule has 0 saturated carbocycles. The van der Waals surface area contributed by atoms with Crippen LogP contribution >= 0.6 is 23.2 Å². The molecule has 6 nitrogen and oxygen atoms in total. The van der Waals surface area contributed by atoms with Crippen LogP contribution in [0, 0.1) is 0 Å². The van der Waals surface area contributed by atoms with Crippen molar-refractivity contribution in [1.29, 1.82) is 0 Å². The Hall–Kier alpha value is -1.02. The van der Waals surface area contributed by atoms with Gasteiger partial charge in [-0.05, 0) is 32.8 Å². The van der Waals surface area contributed by atoms with E-state index in [1.165, 1.54) is 0 Å². The second kappa shape index (κ2) is 12.6. The molecule has 2 aliphatic rings. The summed E-state index contributed by atoms with van der Waals surface area (Å²) in [7, 11) is 0. The molecule has 0 aliphatic carbocycles. The Morgan fingerprint density at radius 2 is 1.72 bits per heavy atom. The number of hydrogen-bond acceptors (Lipinski definition) is 6. The van der Waals surface area contributed by atoms with Crippen molar-refractivity contribution in [2.45, 2.75) is 72.4 Å². The second-order valence-corrected chi connectivity index (χ2v) is 7.86. The van der Waals surface area contributed by atoms with Crippen molar-refractivity contribution < 1.29 is 0 Å². The van der Waals surface area contributed by atoms with Gasteiger partial charge < -0.3 is 16.5 Å². The molecule has 0 amide bonds. The summed E-state index contributed by atoms with van der Waals surface area (Å²) in [5.41, 5.74) is 14.4. The van der Waals surface area contributed by atoms with E-state index >= 15 is 0 Å². The van der Waals surface area contributed by atoms with Crippen molar-refractivity contribution >= 4 is 28.9 Å². The summed E-state index contributed by atoms with van der Waals surface area (Å²) in [5, 5.41) is 8.04. The van der Waals surface area contributed by atoms with Crippen LogP contribution in [0.3, 0.4) is 0 Å². The van der Waals surface area contributed by atoms with Crippen molar-refractivity contribution in [2.75, 3.05) is 13.1 Å². The average Bonchev–Trinajstić information content (AvgIpc) is 2.70. The number of rotatable bonds is 2. The van der Waals surface area contributed by atoms with Gasteiger partial charge >= 0.3 is 0 Å². The minimum Gasteiger partial charge on any atom is -0.368 e. The number of hydrazine groups is 1. The Bertz CT molecular complexity index is 640. The van der Waals surface area contributed by atoms with Gasteiger partial charge in [0.05, 0.1) is 21.9 Å². The lowest BCUT2D eigenvalue weighted by atomic mass is 9.91. The summed E-state index contributed by atoms with van der Waals surface area (Å²) < 4.78 is 0. The molecule has 1 fully saturated rings. The Labute approximate surface area is 186 Å². The molecule has 1 saturated heterocycles. The van der Waals surface area contributed by atoms with E-state index in [1.807, 2.05) is 46.0 Å². The summed E-state index contributed by atoms with van der Waals surface area (Å²) in [4.78, 5) is 2.35. The maximum absolute atomic E-state index is 6.34. The minimum atomic E-state index is -0.0637. The highest BCUT2D eigenvalue weighted by molar-refractivity contribution is 6.43. The molecule has 1 aromatic rings. The van der Waals surface area contributed by atoms with Crippen LogP contribution in [0.15, 0.2) is 24.4 Å². The zero-order valence-corrected chi connectivity index (χ0v) is 20.1. The molecule has 6 N–H and O–H groups in total. The molecule has 29 heavy (non-hydrogen) atoms. The van der Waals surface area contributed by atoms with Crippen LogP contribution < -0.4 is 27.2 Å². The maximum Gasteiger partial charge on any atom is 0.132 e. The minimum absolute atomic E-state index is 0.00577. The first-order valence-electron chi connectivity index (χ1n) is 10.6. The number of hydrogen-bond donors (Lipinski definition) is 5. The topological polar surface area (TPSA) is 77.4 Å². The van der Waals surface area contributed by atoms with Crippen molar-refractivity contribution in [3.05, 3.63) is 40.0 Å². The van der Waals surface area contributed by atoms with Crippen LogP contribution in [0.1, 0.15) is 59.9 Å². The molecule has 3 rings (SSSR count). The number of nitrogens with two attached hydrogens (primary N) is 1. The normalized spacial score (nSPS) is 25.9. The summed E-state index contributed by atoms with van der Waals surface area (Å²) in [6.45, 7) is 14.1. The third kappa shape index (κ3) is 7.63. The van der Waals surface area contributed by atoms with E-state index in [-0.39, 0.29) is 18.0 Å². The fraction of sp³-hybridized carbons (Fsp3) is 0.619. The molecule has 0 aromatic heterocycles. The number of piperidine rings is 1. The molecule has 0 radical (unpaired) electrons. The van der Waals surface area contributed by atoms with Crippen molar-refractivity contribution in [3.8, 4) is 0 Å². The van der Waals surface area contributed by atoms with Crippen LogP contribution in [0.5, 0.6) is 0 Å². The third-order valence-electron chi connectivity index (χ3n) is 4.76. The van der Waals surface area contributed by atoms with E-state index in [4.69, 9.17) is 28.9 Å². The van der Waals surface area contributed by atoms with Crippen molar-refractivity contribution in [3.63, 3.8) is 0 Å². The molecule has 1 aromatic carbocycles. The molecule has 8 heteroatoms. The van der Waals surface area contributed by atoms with E-state index in [0.29, 0.717) is 10.0 Å². The van der Waals surface area contributed by atoms with Gasteiger partial charge in [-0.2, -0.15) is 0 Å². The maximum atomic E-state index is 6.34. The van der Waals surface area contributed by atoms with Crippen molar-refractivity contribution in [1.82, 2.24) is 26.4 Å². The van der Waals surface area contributed by atoms with Gasteiger partial charge in [0.2, 0.25) is 0 Å². The summed E-state index contributed by atoms with van der Waals surface area (Å²) in [6.07, 6.45) is 3.87. The van der Waals surface area contributed by atoms with E-state index in [2.05, 4.69) is 40.2 Å². The van der Waals surface area contributed by atoms with Gasteiger partial charge in [0.1, 0.15) is 6.29 Å². The average molecular weight is 445 g/mol. The quantitative estimate of drug-likeness (QED) is 0.473. The Kier molecular flexibility index (Phi) is 11.3. The predicted molar refractivity (Wildman–Crippen MR) is 126 cm³/mol. The first-order chi connectivity index (χ1) is 13.9. The molecule has 2 atom stereocenters. The van der Waals surface area contributed by atoms with Crippen LogP contribution in [0.25, 0.3) is 5.70 Å². The zero-order chi connectivity index (χ0) is 22.0. The lowest BCUT2D eigenvalue weighted by Gasteiger charge is -2.42. The SMILES string of the molecule is CC.CC.CC1N/C(c2cccc(Cl)c2Cl)=C\NNC(N2CCC(C)(N)CC2)N1. The Morgan fingerprint density at radius 1 is 1.10 bits per heavy atom. The molecule has 0 bridgehead atoms. The highest BCUT2D eigenvalue weighted by atomic mass is 35.5. The highest BCUT2D eigenvalue weighted by Gasteiger charge is 2.30. The predicted octanol–water partition coefficient (Wildman–Crippen LogP) is 4.07. The van der Waals surface area contributed by atoms with Gasteiger partial charge in [-0.15, -0.1) is 0 Å². The summed E-state index contributed by atoms with van der Waals surface area (Å²) >= 11 is 12.5. The van der Waals surface area contributed by atoms with Crippen molar-refractivity contribution in [2.24, 2.45) is 5.73 Å². The number of benzene rings is 1. The standard InChI is InChI=1S/C17H26Cl2N6.2C2H6/c1-11-22-14(12-4-3-5-13(18)15(12)19)10-21-24-16(23-11)25-8-6-17(2,20)7-9-25;2*1-2/h3-5,10-11,16,21-24H,6-9,20H2,1-2H3;2*1-2H3/b14-10-;;. The van der Waals surface area contributed by atoms with Gasteiger partial charge in [-0.1, -0.05) is 63.0 Å². The van der Waals surface area contributed by atoms with E-state index < -0.39 is 0 Å². The Balaban J connectivity index is 0.000000989. The molecule has 166 valence electrons. The largest absolute Gasteiger partial charge is 0.368 e. The van der Waals surface area contributed by atoms with Gasteiger partial charge in [-0.25, -0.2) is 5.43 Å². The number of halogens is 2. The molecule has 2 aliphatic heterocycles. The first-order valence-corrected chi connectivity index (χ1v) is 11.3. The fourth-order valence-electron chi connectivity index (χ4n) is 3.14. The lowest BCUT2D eigenvalue weighted by Crippen LogP contribution is -2.65. The van der Waals surface area contributed by atoms with Crippen LogP contribution in [0.2, 0.25) is 10.0 Å². The number of nitrogens with one attached hydrogen (secondary N) is 4. The highest BCUT2D eigenvalue weighted by Crippen LogP contribution is 2.29. The summed E-state index contributed by atoms with van der Waals surface area (Å²) in [6, 6.07) is 5.60. The summed E-state index contributed by atoms with van der Waals surface area (Å²) in [5.74, 6) is 0. The molecular formula is C21H38Cl2N6. The van der Waals surface area contributed by atoms with E-state index in [1.54, 1.807) is 6.07 Å². The van der Waals surface area contributed by atoms with Gasteiger partial charge in [-0.3, -0.25) is 10.2 Å². The number of likely N-dealkylation sites (tertiary alicyclic amines) is 1. The monoisotopic (exact) mass is 444 g/mol. The van der Waals surface area contributed by atoms with Crippen LogP contribution in [-0.4, -0.2) is 36.0 Å². The smallest absolute Gasteiger partial charge is 0.132 e. The van der Waals surface area contributed by atoms with Gasteiger partial charge in [0, 0.05) is 30.4 Å². The zero-order valence-electron chi connectivity index (χ0n) is 18.6. The van der Waals surface area contributed by atoms with E-state index in [9.17, 15) is 0 Å². The Morgan fingerprint density at radius 3 is 2.34 bits per heavy atom. The van der Waals surface area contributed by atoms with Crippen LogP contribution in [0.4, 0.5) is 0 Å². The number of nitrogens with zero attached hydrogens (tertiary/aromatic N) is 1. The molecule has 0 spiro atoms. The van der Waals surface area contributed by atoms with Gasteiger partial charge in [0.25, 0.3) is 0 Å². The molecule has 2 heterocycles. The fourth-order valence-corrected chi connectivity index (χ4v) is 3.55. The first kappa shape index (κ1) is 26.0. The van der Waals surface area contributed by atoms with Gasteiger partial charge in [0.15, 0.2) is 0 Å². The molecule has 2 unspecified atom stereocenters.